The zero-order valence-electron chi connectivity index (χ0n) is 11.4. The average Bonchev–Trinajstić information content (AvgIpc) is 2.48. The molecule has 0 aliphatic heterocycles. The molecular weight excluding hydrogens is 423 g/mol. The molecule has 0 radical (unpaired) electrons. The molecule has 0 amide bonds. The van der Waals surface area contributed by atoms with Gasteiger partial charge in [0.1, 0.15) is 22.1 Å². The van der Waals surface area contributed by atoms with Crippen LogP contribution in [0.1, 0.15) is 17.2 Å². The van der Waals surface area contributed by atoms with Gasteiger partial charge >= 0.3 is 0 Å². The molecule has 1 atom stereocenters. The van der Waals surface area contributed by atoms with Crippen LogP contribution in [0.15, 0.2) is 39.3 Å². The highest BCUT2D eigenvalue weighted by atomic mass is 79.9. The third-order valence-electron chi connectivity index (χ3n) is 3.06. The molecule has 1 N–H and O–H groups in total. The molecule has 1 unspecified atom stereocenters. The van der Waals surface area contributed by atoms with Crippen molar-refractivity contribution in [3.8, 4) is 11.5 Å². The summed E-state index contributed by atoms with van der Waals surface area (Å²) in [5.74, 6) is 1.15. The van der Waals surface area contributed by atoms with Crippen LogP contribution in [0.4, 0.5) is 0 Å². The highest BCUT2D eigenvalue weighted by molar-refractivity contribution is 9.11. The van der Waals surface area contributed by atoms with Crippen LogP contribution in [0.2, 0.25) is 5.02 Å². The van der Waals surface area contributed by atoms with Crippen molar-refractivity contribution in [3.63, 3.8) is 0 Å². The van der Waals surface area contributed by atoms with E-state index in [4.69, 9.17) is 21.1 Å². The standard InChI is InChI=1S/C15H13Br2ClO3/c1-20-12-6-4-9(15(21-2)13(12)17)14(19)10-7-8(18)3-5-11(10)16/h3-7,14,19H,1-2H3. The molecule has 0 aliphatic rings. The van der Waals surface area contributed by atoms with Gasteiger partial charge < -0.3 is 14.6 Å². The van der Waals surface area contributed by atoms with E-state index in [1.165, 1.54) is 0 Å². The molecule has 0 saturated heterocycles. The predicted molar refractivity (Wildman–Crippen MR) is 90.5 cm³/mol. The second-order valence-electron chi connectivity index (χ2n) is 4.27. The molecule has 112 valence electrons. The zero-order valence-corrected chi connectivity index (χ0v) is 15.3. The predicted octanol–water partition coefficient (Wildman–Crippen LogP) is 4.96. The van der Waals surface area contributed by atoms with Crippen molar-refractivity contribution in [1.29, 1.82) is 0 Å². The maximum atomic E-state index is 10.7. The number of aliphatic hydroxyl groups excluding tert-OH is 1. The lowest BCUT2D eigenvalue weighted by Crippen LogP contribution is -2.04. The number of halogens is 3. The SMILES string of the molecule is COc1ccc(C(O)c2cc(Cl)ccc2Br)c(OC)c1Br. The summed E-state index contributed by atoms with van der Waals surface area (Å²) in [6.07, 6.45) is -0.879. The van der Waals surface area contributed by atoms with Crippen molar-refractivity contribution in [2.45, 2.75) is 6.10 Å². The minimum atomic E-state index is -0.879. The first-order valence-electron chi connectivity index (χ1n) is 6.03. The van der Waals surface area contributed by atoms with Gasteiger partial charge in [-0.25, -0.2) is 0 Å². The molecule has 2 rings (SSSR count). The molecule has 0 heterocycles. The first kappa shape index (κ1) is 16.6. The number of hydrogen-bond donors (Lipinski definition) is 1. The molecule has 0 spiro atoms. The van der Waals surface area contributed by atoms with Crippen molar-refractivity contribution < 1.29 is 14.6 Å². The summed E-state index contributed by atoms with van der Waals surface area (Å²) in [7, 11) is 3.12. The third kappa shape index (κ3) is 3.37. The Morgan fingerprint density at radius 2 is 1.76 bits per heavy atom. The maximum absolute atomic E-state index is 10.7. The Morgan fingerprint density at radius 3 is 2.38 bits per heavy atom. The summed E-state index contributed by atoms with van der Waals surface area (Å²) in [6, 6.07) is 8.80. The molecule has 0 fully saturated rings. The molecule has 0 saturated carbocycles. The quantitative estimate of drug-likeness (QED) is 0.736. The zero-order chi connectivity index (χ0) is 15.6. The normalized spacial score (nSPS) is 12.1. The van der Waals surface area contributed by atoms with Crippen LogP contribution in [0.5, 0.6) is 11.5 Å². The van der Waals surface area contributed by atoms with Crippen LogP contribution in [0.25, 0.3) is 0 Å². The summed E-state index contributed by atoms with van der Waals surface area (Å²) >= 11 is 12.9. The molecule has 0 aromatic heterocycles. The van der Waals surface area contributed by atoms with Gasteiger partial charge in [0.05, 0.1) is 14.2 Å². The van der Waals surface area contributed by atoms with Crippen LogP contribution >= 0.6 is 43.5 Å². The minimum absolute atomic E-state index is 0.522. The number of methoxy groups -OCH3 is 2. The molecule has 2 aromatic rings. The van der Waals surface area contributed by atoms with Crippen LogP contribution in [-0.2, 0) is 0 Å². The van der Waals surface area contributed by atoms with Gasteiger partial charge in [-0.05, 0) is 46.3 Å². The molecule has 3 nitrogen and oxygen atoms in total. The summed E-state index contributed by atoms with van der Waals surface area (Å²) in [5, 5.41) is 11.2. The highest BCUT2D eigenvalue weighted by Gasteiger charge is 2.22. The number of rotatable bonds is 4. The van der Waals surface area contributed by atoms with E-state index >= 15 is 0 Å². The Balaban J connectivity index is 2.55. The van der Waals surface area contributed by atoms with E-state index in [0.29, 0.717) is 32.1 Å². The number of hydrogen-bond acceptors (Lipinski definition) is 3. The highest BCUT2D eigenvalue weighted by Crippen LogP contribution is 2.42. The van der Waals surface area contributed by atoms with E-state index in [9.17, 15) is 5.11 Å². The second kappa shape index (κ2) is 7.01. The fourth-order valence-corrected chi connectivity index (χ4v) is 3.35. The Hall–Kier alpha value is -0.750. The lowest BCUT2D eigenvalue weighted by Gasteiger charge is -2.19. The Bertz CT molecular complexity index is 662. The first-order valence-corrected chi connectivity index (χ1v) is 7.99. The van der Waals surface area contributed by atoms with Gasteiger partial charge in [-0.15, -0.1) is 0 Å². The summed E-state index contributed by atoms with van der Waals surface area (Å²) in [6.45, 7) is 0. The molecule has 21 heavy (non-hydrogen) atoms. The van der Waals surface area contributed by atoms with Gasteiger partial charge in [-0.1, -0.05) is 27.5 Å². The largest absolute Gasteiger partial charge is 0.495 e. The number of benzene rings is 2. The van der Waals surface area contributed by atoms with E-state index in [1.807, 2.05) is 0 Å². The topological polar surface area (TPSA) is 38.7 Å². The average molecular weight is 437 g/mol. The Kier molecular flexibility index (Phi) is 5.54. The third-order valence-corrected chi connectivity index (χ3v) is 4.77. The second-order valence-corrected chi connectivity index (χ2v) is 6.36. The van der Waals surface area contributed by atoms with E-state index in [2.05, 4.69) is 31.9 Å². The Labute approximate surface area is 145 Å². The Morgan fingerprint density at radius 1 is 1.05 bits per heavy atom. The summed E-state index contributed by atoms with van der Waals surface area (Å²) in [5.41, 5.74) is 1.28. The molecule has 0 bridgehead atoms. The molecule has 6 heteroatoms. The number of aliphatic hydroxyl groups is 1. The van der Waals surface area contributed by atoms with E-state index in [1.54, 1.807) is 44.6 Å². The van der Waals surface area contributed by atoms with E-state index in [-0.39, 0.29) is 0 Å². The monoisotopic (exact) mass is 434 g/mol. The lowest BCUT2D eigenvalue weighted by atomic mass is 10.0. The van der Waals surface area contributed by atoms with Crippen molar-refractivity contribution >= 4 is 43.5 Å². The van der Waals surface area contributed by atoms with E-state index < -0.39 is 6.10 Å². The smallest absolute Gasteiger partial charge is 0.142 e. The van der Waals surface area contributed by atoms with Crippen LogP contribution in [0.3, 0.4) is 0 Å². The van der Waals surface area contributed by atoms with Gasteiger partial charge in [0, 0.05) is 20.6 Å². The molecular formula is C15H13Br2ClO3. The molecule has 2 aromatic carbocycles. The van der Waals surface area contributed by atoms with Gasteiger partial charge in [-0.2, -0.15) is 0 Å². The van der Waals surface area contributed by atoms with Crippen molar-refractivity contribution in [3.05, 3.63) is 55.4 Å². The molecule has 0 aliphatic carbocycles. The van der Waals surface area contributed by atoms with Crippen LogP contribution in [0, 0.1) is 0 Å². The fraction of sp³-hybridized carbons (Fsp3) is 0.200. The number of ether oxygens (including phenoxy) is 2. The van der Waals surface area contributed by atoms with Gasteiger partial charge in [0.25, 0.3) is 0 Å². The van der Waals surface area contributed by atoms with E-state index in [0.717, 1.165) is 4.47 Å². The fourth-order valence-electron chi connectivity index (χ4n) is 2.03. The minimum Gasteiger partial charge on any atom is -0.495 e. The first-order chi connectivity index (χ1) is 9.99. The van der Waals surface area contributed by atoms with Crippen LogP contribution < -0.4 is 9.47 Å². The summed E-state index contributed by atoms with van der Waals surface area (Å²) in [4.78, 5) is 0. The maximum Gasteiger partial charge on any atom is 0.142 e. The lowest BCUT2D eigenvalue weighted by molar-refractivity contribution is 0.213. The van der Waals surface area contributed by atoms with Crippen molar-refractivity contribution in [2.75, 3.05) is 14.2 Å². The van der Waals surface area contributed by atoms with Gasteiger partial charge in [0.2, 0.25) is 0 Å². The van der Waals surface area contributed by atoms with Gasteiger partial charge in [-0.3, -0.25) is 0 Å². The van der Waals surface area contributed by atoms with Crippen molar-refractivity contribution in [2.24, 2.45) is 0 Å². The summed E-state index contributed by atoms with van der Waals surface area (Å²) < 4.78 is 12.1. The van der Waals surface area contributed by atoms with Crippen LogP contribution in [-0.4, -0.2) is 19.3 Å². The van der Waals surface area contributed by atoms with Gasteiger partial charge in [0.15, 0.2) is 0 Å². The van der Waals surface area contributed by atoms with Crippen molar-refractivity contribution in [1.82, 2.24) is 0 Å².